The zero-order valence-corrected chi connectivity index (χ0v) is 14.7. The van der Waals surface area contributed by atoms with Gasteiger partial charge in [-0.15, -0.1) is 0 Å². The summed E-state index contributed by atoms with van der Waals surface area (Å²) in [4.78, 5) is 29.2. The molecule has 3 rings (SSSR count). The molecule has 0 atom stereocenters. The molecule has 2 aromatic rings. The SMILES string of the molecule is COC(=O)c1ccc2c(c1)CC(C)(C)N=C2CC(=O)c1ccccc1. The average molecular weight is 335 g/mol. The van der Waals surface area contributed by atoms with Gasteiger partial charge in [0.1, 0.15) is 0 Å². The van der Waals surface area contributed by atoms with Crippen molar-refractivity contribution in [2.75, 3.05) is 7.11 Å². The van der Waals surface area contributed by atoms with E-state index < -0.39 is 0 Å². The Labute approximate surface area is 147 Å². The minimum atomic E-state index is -0.356. The van der Waals surface area contributed by atoms with Gasteiger partial charge in [-0.1, -0.05) is 36.4 Å². The Balaban J connectivity index is 1.96. The van der Waals surface area contributed by atoms with Crippen molar-refractivity contribution >= 4 is 17.5 Å². The van der Waals surface area contributed by atoms with Crippen LogP contribution in [-0.4, -0.2) is 30.1 Å². The molecule has 0 aromatic heterocycles. The molecule has 0 saturated carbocycles. The molecule has 0 N–H and O–H groups in total. The van der Waals surface area contributed by atoms with E-state index in [0.29, 0.717) is 11.1 Å². The van der Waals surface area contributed by atoms with Gasteiger partial charge in [-0.05, 0) is 43.5 Å². The number of nitrogens with zero attached hydrogens (tertiary/aromatic N) is 1. The highest BCUT2D eigenvalue weighted by atomic mass is 16.5. The van der Waals surface area contributed by atoms with E-state index >= 15 is 0 Å². The molecule has 0 fully saturated rings. The molecule has 1 aliphatic heterocycles. The molecule has 0 radical (unpaired) electrons. The Morgan fingerprint density at radius 2 is 1.80 bits per heavy atom. The zero-order valence-electron chi connectivity index (χ0n) is 14.7. The van der Waals surface area contributed by atoms with Crippen molar-refractivity contribution in [1.82, 2.24) is 0 Å². The number of esters is 1. The quantitative estimate of drug-likeness (QED) is 0.629. The Morgan fingerprint density at radius 1 is 1.08 bits per heavy atom. The van der Waals surface area contributed by atoms with E-state index in [0.717, 1.165) is 23.3 Å². The van der Waals surface area contributed by atoms with Crippen molar-refractivity contribution in [1.29, 1.82) is 0 Å². The molecule has 2 aromatic carbocycles. The summed E-state index contributed by atoms with van der Waals surface area (Å²) >= 11 is 0. The fourth-order valence-electron chi connectivity index (χ4n) is 3.21. The maximum atomic E-state index is 12.6. The molecule has 128 valence electrons. The van der Waals surface area contributed by atoms with E-state index in [-0.39, 0.29) is 23.7 Å². The molecule has 1 aliphatic rings. The molecule has 0 aliphatic carbocycles. The van der Waals surface area contributed by atoms with Crippen LogP contribution >= 0.6 is 0 Å². The molecule has 0 unspecified atom stereocenters. The number of benzene rings is 2. The van der Waals surface area contributed by atoms with Crippen molar-refractivity contribution in [3.05, 3.63) is 70.8 Å². The summed E-state index contributed by atoms with van der Waals surface area (Å²) in [5.74, 6) is -0.315. The predicted octanol–water partition coefficient (Wildman–Crippen LogP) is 3.87. The van der Waals surface area contributed by atoms with Crippen LogP contribution < -0.4 is 0 Å². The fourth-order valence-corrected chi connectivity index (χ4v) is 3.21. The van der Waals surface area contributed by atoms with E-state index in [9.17, 15) is 9.59 Å². The summed E-state index contributed by atoms with van der Waals surface area (Å²) in [6, 6.07) is 14.7. The summed E-state index contributed by atoms with van der Waals surface area (Å²) in [5.41, 5.74) is 3.63. The first kappa shape index (κ1) is 17.1. The van der Waals surface area contributed by atoms with Crippen LogP contribution in [0.5, 0.6) is 0 Å². The highest BCUT2D eigenvalue weighted by Gasteiger charge is 2.28. The lowest BCUT2D eigenvalue weighted by Gasteiger charge is -2.29. The van der Waals surface area contributed by atoms with Crippen LogP contribution in [0.15, 0.2) is 53.5 Å². The number of methoxy groups -OCH3 is 1. The highest BCUT2D eigenvalue weighted by molar-refractivity contribution is 6.17. The minimum Gasteiger partial charge on any atom is -0.465 e. The lowest BCUT2D eigenvalue weighted by molar-refractivity contribution is 0.0600. The first-order valence-electron chi connectivity index (χ1n) is 8.28. The Kier molecular flexibility index (Phi) is 4.53. The molecular formula is C21H21NO3. The Hall–Kier alpha value is -2.75. The smallest absolute Gasteiger partial charge is 0.337 e. The van der Waals surface area contributed by atoms with Gasteiger partial charge in [-0.3, -0.25) is 9.79 Å². The Morgan fingerprint density at radius 3 is 2.48 bits per heavy atom. The number of ketones is 1. The van der Waals surface area contributed by atoms with Gasteiger partial charge in [0, 0.05) is 5.56 Å². The van der Waals surface area contributed by atoms with Crippen LogP contribution in [0.25, 0.3) is 0 Å². The number of Topliss-reactive ketones (excluding diaryl/α,β-unsaturated/α-hetero) is 1. The van der Waals surface area contributed by atoms with Crippen LogP contribution in [0.3, 0.4) is 0 Å². The standard InChI is InChI=1S/C21H21NO3/c1-21(2)13-16-11-15(20(24)25-3)9-10-17(16)18(22-21)12-19(23)14-7-5-4-6-8-14/h4-11H,12-13H2,1-3H3. The average Bonchev–Trinajstić information content (AvgIpc) is 2.60. The maximum absolute atomic E-state index is 12.6. The molecule has 0 amide bonds. The molecule has 0 bridgehead atoms. The van der Waals surface area contributed by atoms with Crippen LogP contribution in [0.2, 0.25) is 0 Å². The van der Waals surface area contributed by atoms with Gasteiger partial charge in [0.05, 0.1) is 30.3 Å². The minimum absolute atomic E-state index is 0.0417. The number of fused-ring (bicyclic) bond motifs is 1. The Bertz CT molecular complexity index is 851. The molecule has 0 saturated heterocycles. The van der Waals surface area contributed by atoms with Crippen molar-refractivity contribution in [3.63, 3.8) is 0 Å². The second kappa shape index (κ2) is 6.63. The number of ether oxygens (including phenoxy) is 1. The van der Waals surface area contributed by atoms with Crippen LogP contribution in [0.4, 0.5) is 0 Å². The van der Waals surface area contributed by atoms with E-state index in [2.05, 4.69) is 0 Å². The van der Waals surface area contributed by atoms with Crippen molar-refractivity contribution in [2.45, 2.75) is 32.2 Å². The molecule has 1 heterocycles. The summed E-state index contributed by atoms with van der Waals surface area (Å²) in [6.07, 6.45) is 0.966. The van der Waals surface area contributed by atoms with Crippen molar-refractivity contribution in [2.24, 2.45) is 4.99 Å². The topological polar surface area (TPSA) is 55.7 Å². The van der Waals surface area contributed by atoms with Gasteiger partial charge in [0.2, 0.25) is 0 Å². The molecule has 0 spiro atoms. The van der Waals surface area contributed by atoms with Crippen LogP contribution in [-0.2, 0) is 11.2 Å². The number of carbonyl (C=O) groups excluding carboxylic acids is 2. The normalized spacial score (nSPS) is 15.1. The first-order valence-corrected chi connectivity index (χ1v) is 8.28. The predicted molar refractivity (Wildman–Crippen MR) is 97.5 cm³/mol. The van der Waals surface area contributed by atoms with Gasteiger partial charge in [-0.2, -0.15) is 0 Å². The van der Waals surface area contributed by atoms with E-state index in [1.54, 1.807) is 6.07 Å². The van der Waals surface area contributed by atoms with Gasteiger partial charge in [0.15, 0.2) is 5.78 Å². The molecule has 25 heavy (non-hydrogen) atoms. The van der Waals surface area contributed by atoms with E-state index in [1.807, 2.05) is 56.3 Å². The van der Waals surface area contributed by atoms with E-state index in [1.165, 1.54) is 7.11 Å². The summed E-state index contributed by atoms with van der Waals surface area (Å²) in [6.45, 7) is 4.07. The maximum Gasteiger partial charge on any atom is 0.337 e. The van der Waals surface area contributed by atoms with Crippen molar-refractivity contribution < 1.29 is 14.3 Å². The number of rotatable bonds is 4. The molecular weight excluding hydrogens is 314 g/mol. The van der Waals surface area contributed by atoms with Gasteiger partial charge in [-0.25, -0.2) is 4.79 Å². The van der Waals surface area contributed by atoms with Crippen LogP contribution in [0.1, 0.15) is 52.1 Å². The number of carbonyl (C=O) groups is 2. The third-order valence-corrected chi connectivity index (χ3v) is 4.32. The second-order valence-electron chi connectivity index (χ2n) is 6.88. The van der Waals surface area contributed by atoms with E-state index in [4.69, 9.17) is 9.73 Å². The largest absolute Gasteiger partial charge is 0.465 e. The second-order valence-corrected chi connectivity index (χ2v) is 6.88. The highest BCUT2D eigenvalue weighted by Crippen LogP contribution is 2.29. The lowest BCUT2D eigenvalue weighted by Crippen LogP contribution is -2.30. The molecule has 4 heteroatoms. The molecule has 4 nitrogen and oxygen atoms in total. The van der Waals surface area contributed by atoms with Crippen LogP contribution in [0, 0.1) is 0 Å². The number of hydrogen-bond acceptors (Lipinski definition) is 4. The van der Waals surface area contributed by atoms with Gasteiger partial charge >= 0.3 is 5.97 Å². The van der Waals surface area contributed by atoms with Gasteiger partial charge < -0.3 is 4.74 Å². The number of hydrogen-bond donors (Lipinski definition) is 0. The van der Waals surface area contributed by atoms with Crippen molar-refractivity contribution in [3.8, 4) is 0 Å². The third kappa shape index (κ3) is 3.68. The lowest BCUT2D eigenvalue weighted by atomic mass is 9.84. The summed E-state index contributed by atoms with van der Waals surface area (Å²) in [7, 11) is 1.37. The zero-order chi connectivity index (χ0) is 18.0. The summed E-state index contributed by atoms with van der Waals surface area (Å²) < 4.78 is 4.81. The first-order chi connectivity index (χ1) is 11.9. The number of aliphatic imine (C=N–C) groups is 1. The fraction of sp³-hybridized carbons (Fsp3) is 0.286. The monoisotopic (exact) mass is 335 g/mol. The van der Waals surface area contributed by atoms with Gasteiger partial charge in [0.25, 0.3) is 0 Å². The third-order valence-electron chi connectivity index (χ3n) is 4.32. The summed E-state index contributed by atoms with van der Waals surface area (Å²) in [5, 5.41) is 0.